The molecule has 2 heterocycles. The molecular weight excluding hydrogens is 342 g/mol. The molecule has 1 aliphatic rings. The summed E-state index contributed by atoms with van der Waals surface area (Å²) in [5.41, 5.74) is -0.238. The molecule has 1 atom stereocenters. The van der Waals surface area contributed by atoms with Crippen LogP contribution >= 0.6 is 11.6 Å². The lowest BCUT2D eigenvalue weighted by atomic mass is 10.1. The van der Waals surface area contributed by atoms with Crippen molar-refractivity contribution in [1.82, 2.24) is 15.1 Å². The number of halogens is 1. The molecule has 0 unspecified atom stereocenters. The van der Waals surface area contributed by atoms with Crippen LogP contribution < -0.4 is 10.1 Å². The van der Waals surface area contributed by atoms with E-state index in [2.05, 4.69) is 10.4 Å². The highest BCUT2D eigenvalue weighted by atomic mass is 35.5. The summed E-state index contributed by atoms with van der Waals surface area (Å²) in [5, 5.41) is 7.57. The SMILES string of the molecule is CC(C)(Oc1nn(-c2ccccc2)cc1Cl)C(=O)NC[C@@H]1CCCO1. The lowest BCUT2D eigenvalue weighted by Gasteiger charge is -2.24. The number of carbonyl (C=O) groups is 1. The van der Waals surface area contributed by atoms with E-state index in [1.54, 1.807) is 24.7 Å². The van der Waals surface area contributed by atoms with Crippen LogP contribution in [0.2, 0.25) is 5.02 Å². The van der Waals surface area contributed by atoms with Gasteiger partial charge in [-0.05, 0) is 38.8 Å². The number of carbonyl (C=O) groups excluding carboxylic acids is 1. The summed E-state index contributed by atoms with van der Waals surface area (Å²) in [4.78, 5) is 12.4. The van der Waals surface area contributed by atoms with Crippen LogP contribution in [0.1, 0.15) is 26.7 Å². The highest BCUT2D eigenvalue weighted by Gasteiger charge is 2.32. The van der Waals surface area contributed by atoms with E-state index < -0.39 is 5.60 Å². The molecule has 0 radical (unpaired) electrons. The molecule has 2 aromatic rings. The molecular formula is C18H22ClN3O3. The molecule has 7 heteroatoms. The summed E-state index contributed by atoms with van der Waals surface area (Å²) in [6.45, 7) is 4.62. The third-order valence-corrected chi connectivity index (χ3v) is 4.33. The number of nitrogens with one attached hydrogen (secondary N) is 1. The van der Waals surface area contributed by atoms with Crippen LogP contribution in [0.25, 0.3) is 5.69 Å². The minimum absolute atomic E-state index is 0.0839. The Labute approximate surface area is 152 Å². The molecule has 134 valence electrons. The molecule has 0 aliphatic carbocycles. The largest absolute Gasteiger partial charge is 0.459 e. The average Bonchev–Trinajstić information content (AvgIpc) is 3.23. The second kappa shape index (κ2) is 7.45. The molecule has 0 bridgehead atoms. The molecule has 1 aliphatic heterocycles. The van der Waals surface area contributed by atoms with Gasteiger partial charge in [0, 0.05) is 13.2 Å². The van der Waals surface area contributed by atoms with E-state index in [9.17, 15) is 4.79 Å². The fraction of sp³-hybridized carbons (Fsp3) is 0.444. The maximum absolute atomic E-state index is 12.4. The van der Waals surface area contributed by atoms with Crippen molar-refractivity contribution in [2.75, 3.05) is 13.2 Å². The van der Waals surface area contributed by atoms with Crippen LogP contribution in [0, 0.1) is 0 Å². The Morgan fingerprint density at radius 2 is 2.20 bits per heavy atom. The molecule has 25 heavy (non-hydrogen) atoms. The standard InChI is InChI=1S/C18H22ClN3O3/c1-18(2,17(23)20-11-14-9-6-10-24-14)25-16-15(19)12-22(21-16)13-7-4-3-5-8-13/h3-5,7-8,12,14H,6,9-11H2,1-2H3,(H,20,23)/t14-/m0/s1. The average molecular weight is 364 g/mol. The number of para-hydroxylation sites is 1. The molecule has 0 spiro atoms. The van der Waals surface area contributed by atoms with Gasteiger partial charge in [-0.15, -0.1) is 5.10 Å². The topological polar surface area (TPSA) is 65.4 Å². The lowest BCUT2D eigenvalue weighted by Crippen LogP contribution is -2.48. The first-order valence-electron chi connectivity index (χ1n) is 8.35. The van der Waals surface area contributed by atoms with Gasteiger partial charge < -0.3 is 14.8 Å². The van der Waals surface area contributed by atoms with Crippen LogP contribution in [0.3, 0.4) is 0 Å². The van der Waals surface area contributed by atoms with Crippen molar-refractivity contribution < 1.29 is 14.3 Å². The van der Waals surface area contributed by atoms with Gasteiger partial charge in [0.25, 0.3) is 11.8 Å². The highest BCUT2D eigenvalue weighted by molar-refractivity contribution is 6.31. The number of benzene rings is 1. The van der Waals surface area contributed by atoms with E-state index in [1.165, 1.54) is 0 Å². The number of ether oxygens (including phenoxy) is 2. The molecule has 1 amide bonds. The first-order valence-corrected chi connectivity index (χ1v) is 8.73. The van der Waals surface area contributed by atoms with E-state index in [4.69, 9.17) is 21.1 Å². The maximum Gasteiger partial charge on any atom is 0.263 e. The van der Waals surface area contributed by atoms with Crippen molar-refractivity contribution in [1.29, 1.82) is 0 Å². The van der Waals surface area contributed by atoms with E-state index >= 15 is 0 Å². The quantitative estimate of drug-likeness (QED) is 0.856. The minimum Gasteiger partial charge on any atom is -0.459 e. The van der Waals surface area contributed by atoms with Gasteiger partial charge in [0.1, 0.15) is 5.02 Å². The summed E-state index contributed by atoms with van der Waals surface area (Å²) in [6, 6.07) is 9.56. The smallest absolute Gasteiger partial charge is 0.263 e. The summed E-state index contributed by atoms with van der Waals surface area (Å²) in [6.07, 6.45) is 3.75. The molecule has 1 N–H and O–H groups in total. The van der Waals surface area contributed by atoms with E-state index in [0.717, 1.165) is 25.1 Å². The molecule has 1 saturated heterocycles. The van der Waals surface area contributed by atoms with Gasteiger partial charge in [0.05, 0.1) is 18.0 Å². The van der Waals surface area contributed by atoms with Crippen LogP contribution in [0.5, 0.6) is 5.88 Å². The first-order chi connectivity index (χ1) is 12.0. The summed E-state index contributed by atoms with van der Waals surface area (Å²) in [5.74, 6) is -0.00360. The summed E-state index contributed by atoms with van der Waals surface area (Å²) >= 11 is 6.23. The Morgan fingerprint density at radius 1 is 1.44 bits per heavy atom. The van der Waals surface area contributed by atoms with Gasteiger partial charge in [0.15, 0.2) is 5.60 Å². The van der Waals surface area contributed by atoms with Gasteiger partial charge in [0.2, 0.25) is 0 Å². The van der Waals surface area contributed by atoms with Gasteiger partial charge in [-0.2, -0.15) is 0 Å². The van der Waals surface area contributed by atoms with Crippen molar-refractivity contribution in [2.24, 2.45) is 0 Å². The van der Waals surface area contributed by atoms with E-state index in [-0.39, 0.29) is 17.9 Å². The van der Waals surface area contributed by atoms with Crippen molar-refractivity contribution >= 4 is 17.5 Å². The number of hydrogen-bond donors (Lipinski definition) is 1. The second-order valence-corrected chi connectivity index (χ2v) is 6.93. The van der Waals surface area contributed by atoms with Gasteiger partial charge in [-0.1, -0.05) is 29.8 Å². The zero-order chi connectivity index (χ0) is 17.9. The van der Waals surface area contributed by atoms with Crippen LogP contribution in [-0.2, 0) is 9.53 Å². The number of rotatable bonds is 6. The zero-order valence-corrected chi connectivity index (χ0v) is 15.1. The van der Waals surface area contributed by atoms with Crippen molar-refractivity contribution in [2.45, 2.75) is 38.4 Å². The first kappa shape index (κ1) is 17.8. The van der Waals surface area contributed by atoms with Crippen LogP contribution in [0.4, 0.5) is 0 Å². The Balaban J connectivity index is 1.65. The van der Waals surface area contributed by atoms with Crippen LogP contribution in [0.15, 0.2) is 36.5 Å². The van der Waals surface area contributed by atoms with E-state index in [1.807, 2.05) is 30.3 Å². The van der Waals surface area contributed by atoms with E-state index in [0.29, 0.717) is 11.6 Å². The number of nitrogens with zero attached hydrogens (tertiary/aromatic N) is 2. The Kier molecular flexibility index (Phi) is 5.30. The number of amides is 1. The summed E-state index contributed by atoms with van der Waals surface area (Å²) < 4.78 is 12.9. The minimum atomic E-state index is -1.10. The monoisotopic (exact) mass is 363 g/mol. The molecule has 0 saturated carbocycles. The Bertz CT molecular complexity index is 724. The fourth-order valence-electron chi connectivity index (χ4n) is 2.63. The Morgan fingerprint density at radius 3 is 2.88 bits per heavy atom. The fourth-order valence-corrected chi connectivity index (χ4v) is 2.80. The zero-order valence-electron chi connectivity index (χ0n) is 14.4. The Hall–Kier alpha value is -2.05. The molecule has 6 nitrogen and oxygen atoms in total. The third kappa shape index (κ3) is 4.32. The second-order valence-electron chi connectivity index (χ2n) is 6.52. The predicted molar refractivity (Wildman–Crippen MR) is 95.3 cm³/mol. The van der Waals surface area contributed by atoms with Crippen molar-refractivity contribution in [3.05, 3.63) is 41.6 Å². The highest BCUT2D eigenvalue weighted by Crippen LogP contribution is 2.27. The van der Waals surface area contributed by atoms with Gasteiger partial charge >= 0.3 is 0 Å². The van der Waals surface area contributed by atoms with Crippen molar-refractivity contribution in [3.63, 3.8) is 0 Å². The third-order valence-electron chi connectivity index (χ3n) is 4.07. The van der Waals surface area contributed by atoms with Crippen LogP contribution in [-0.4, -0.2) is 40.5 Å². The molecule has 1 aromatic carbocycles. The lowest BCUT2D eigenvalue weighted by molar-refractivity contribution is -0.134. The molecule has 1 fully saturated rings. The van der Waals surface area contributed by atoms with Gasteiger partial charge in [-0.25, -0.2) is 4.68 Å². The number of aromatic nitrogens is 2. The summed E-state index contributed by atoms with van der Waals surface area (Å²) in [7, 11) is 0. The van der Waals surface area contributed by atoms with Crippen molar-refractivity contribution in [3.8, 4) is 11.6 Å². The predicted octanol–water partition coefficient (Wildman–Crippen LogP) is 2.98. The molecule has 3 rings (SSSR count). The normalized spacial score (nSPS) is 17.5. The molecule has 1 aromatic heterocycles. The van der Waals surface area contributed by atoms with Gasteiger partial charge in [-0.3, -0.25) is 4.79 Å². The maximum atomic E-state index is 12.4. The number of hydrogen-bond acceptors (Lipinski definition) is 4.